The fourth-order valence-corrected chi connectivity index (χ4v) is 5.07. The van der Waals surface area contributed by atoms with Crippen LogP contribution in [-0.4, -0.2) is 0 Å². The Hall–Kier alpha value is -0.980. The third kappa shape index (κ3) is 1.82. The van der Waals surface area contributed by atoms with Crippen LogP contribution in [0.25, 0.3) is 0 Å². The van der Waals surface area contributed by atoms with Crippen LogP contribution >= 0.6 is 23.2 Å². The molecule has 2 aromatic carbocycles. The first-order chi connectivity index (χ1) is 10.3. The summed E-state index contributed by atoms with van der Waals surface area (Å²) in [7, 11) is 0. The Labute approximate surface area is 136 Å². The molecule has 0 N–H and O–H groups in total. The summed E-state index contributed by atoms with van der Waals surface area (Å²) in [5, 5.41) is 0. The lowest BCUT2D eigenvalue weighted by Gasteiger charge is -2.30. The van der Waals surface area contributed by atoms with Gasteiger partial charge in [-0.15, -0.1) is 23.2 Å². The van der Waals surface area contributed by atoms with Gasteiger partial charge >= 0.3 is 0 Å². The number of hydrogen-bond acceptors (Lipinski definition) is 0. The molecule has 0 saturated carbocycles. The molecule has 0 aromatic heterocycles. The van der Waals surface area contributed by atoms with Crippen LogP contribution in [0.1, 0.15) is 46.2 Å². The summed E-state index contributed by atoms with van der Waals surface area (Å²) in [6.07, 6.45) is 4.74. The molecule has 0 radical (unpaired) electrons. The van der Waals surface area contributed by atoms with Gasteiger partial charge in [-0.2, -0.15) is 0 Å². The fraction of sp³-hybridized carbons (Fsp3) is 0.368. The maximum absolute atomic E-state index is 6.25. The highest BCUT2D eigenvalue weighted by molar-refractivity contribution is 6.17. The van der Waals surface area contributed by atoms with E-state index in [1.54, 1.807) is 0 Å². The van der Waals surface area contributed by atoms with Gasteiger partial charge < -0.3 is 0 Å². The molecule has 0 bridgehead atoms. The highest BCUT2D eigenvalue weighted by Crippen LogP contribution is 2.54. The van der Waals surface area contributed by atoms with Gasteiger partial charge in [0.2, 0.25) is 0 Å². The van der Waals surface area contributed by atoms with Gasteiger partial charge in [0.15, 0.2) is 0 Å². The van der Waals surface area contributed by atoms with E-state index in [0.717, 1.165) is 12.8 Å². The van der Waals surface area contributed by atoms with Crippen molar-refractivity contribution in [2.75, 3.05) is 0 Å². The van der Waals surface area contributed by atoms with Crippen LogP contribution in [-0.2, 0) is 30.0 Å². The van der Waals surface area contributed by atoms with Gasteiger partial charge in [0, 0.05) is 17.2 Å². The highest BCUT2D eigenvalue weighted by Gasteiger charge is 2.46. The molecular formula is C19H18Cl2. The van der Waals surface area contributed by atoms with Gasteiger partial charge in [-0.05, 0) is 59.1 Å². The number of rotatable bonds is 2. The number of benzene rings is 2. The molecule has 2 aromatic rings. The molecule has 0 aliphatic heterocycles. The Bertz CT molecular complexity index is 641. The molecule has 108 valence electrons. The fourth-order valence-electron chi connectivity index (χ4n) is 4.62. The van der Waals surface area contributed by atoms with Crippen LogP contribution in [0.3, 0.4) is 0 Å². The molecule has 4 rings (SSSR count). The zero-order chi connectivity index (χ0) is 14.4. The van der Waals surface area contributed by atoms with Crippen molar-refractivity contribution in [3.8, 4) is 0 Å². The zero-order valence-electron chi connectivity index (χ0n) is 12.0. The Balaban J connectivity index is 2.00. The van der Waals surface area contributed by atoms with Crippen molar-refractivity contribution in [2.24, 2.45) is 0 Å². The SMILES string of the molecule is ClCc1cccc2c1C1(CC2)CCc2cccc(CCl)c21. The van der Waals surface area contributed by atoms with Crippen molar-refractivity contribution < 1.29 is 0 Å². The van der Waals surface area contributed by atoms with Crippen molar-refractivity contribution in [3.05, 3.63) is 69.8 Å². The van der Waals surface area contributed by atoms with Gasteiger partial charge in [-0.1, -0.05) is 36.4 Å². The van der Waals surface area contributed by atoms with E-state index in [1.165, 1.54) is 46.2 Å². The second-order valence-corrected chi connectivity index (χ2v) is 6.79. The molecule has 21 heavy (non-hydrogen) atoms. The zero-order valence-corrected chi connectivity index (χ0v) is 13.5. The Kier molecular flexibility index (Phi) is 3.28. The average Bonchev–Trinajstić information content (AvgIpc) is 3.10. The maximum Gasteiger partial charge on any atom is 0.0477 e. The number of halogens is 2. The Morgan fingerprint density at radius 2 is 1.24 bits per heavy atom. The number of fused-ring (bicyclic) bond motifs is 4. The number of alkyl halides is 2. The number of hydrogen-bond donors (Lipinski definition) is 0. The van der Waals surface area contributed by atoms with Gasteiger partial charge in [-0.25, -0.2) is 0 Å². The summed E-state index contributed by atoms with van der Waals surface area (Å²) in [5.74, 6) is 1.20. The quantitative estimate of drug-likeness (QED) is 0.656. The standard InChI is InChI=1S/C19H18Cl2/c20-11-15-5-1-3-13-7-9-19(17(13)15)10-8-14-4-2-6-16(12-21)18(14)19/h1-6H,7-12H2. The molecular weight excluding hydrogens is 299 g/mol. The van der Waals surface area contributed by atoms with Crippen LogP contribution in [0.5, 0.6) is 0 Å². The molecule has 0 atom stereocenters. The van der Waals surface area contributed by atoms with Crippen LogP contribution < -0.4 is 0 Å². The lowest BCUT2D eigenvalue weighted by atomic mass is 9.73. The van der Waals surface area contributed by atoms with E-state index in [9.17, 15) is 0 Å². The minimum Gasteiger partial charge on any atom is -0.122 e. The molecule has 0 fully saturated rings. The molecule has 2 aliphatic carbocycles. The van der Waals surface area contributed by atoms with E-state index in [0.29, 0.717) is 11.8 Å². The smallest absolute Gasteiger partial charge is 0.0477 e. The molecule has 1 spiro atoms. The minimum absolute atomic E-state index is 0.168. The van der Waals surface area contributed by atoms with Crippen LogP contribution in [0.2, 0.25) is 0 Å². The van der Waals surface area contributed by atoms with E-state index in [2.05, 4.69) is 36.4 Å². The molecule has 0 saturated heterocycles. The summed E-state index contributed by atoms with van der Waals surface area (Å²) in [6, 6.07) is 13.3. The maximum atomic E-state index is 6.25. The van der Waals surface area contributed by atoms with E-state index < -0.39 is 0 Å². The molecule has 0 unspecified atom stereocenters. The summed E-state index contributed by atoms with van der Waals surface area (Å²) >= 11 is 12.5. The summed E-state index contributed by atoms with van der Waals surface area (Å²) in [5.41, 5.74) is 8.79. The van der Waals surface area contributed by atoms with Gasteiger partial charge in [-0.3, -0.25) is 0 Å². The predicted molar refractivity (Wildman–Crippen MR) is 89.4 cm³/mol. The number of aryl methyl sites for hydroxylation is 2. The molecule has 2 aliphatic rings. The normalized spacial score (nSPS) is 18.0. The van der Waals surface area contributed by atoms with E-state index in [1.807, 2.05) is 0 Å². The van der Waals surface area contributed by atoms with Gasteiger partial charge in [0.1, 0.15) is 0 Å². The van der Waals surface area contributed by atoms with Crippen LogP contribution in [0.15, 0.2) is 36.4 Å². The highest BCUT2D eigenvalue weighted by atomic mass is 35.5. The summed E-state index contributed by atoms with van der Waals surface area (Å²) in [6.45, 7) is 0. The van der Waals surface area contributed by atoms with Crippen LogP contribution in [0.4, 0.5) is 0 Å². The first kappa shape index (κ1) is 13.7. The van der Waals surface area contributed by atoms with Crippen molar-refractivity contribution >= 4 is 23.2 Å². The third-order valence-electron chi connectivity index (χ3n) is 5.36. The first-order valence-corrected chi connectivity index (χ1v) is 8.71. The lowest BCUT2D eigenvalue weighted by Crippen LogP contribution is -2.24. The van der Waals surface area contributed by atoms with Crippen molar-refractivity contribution in [1.29, 1.82) is 0 Å². The first-order valence-electron chi connectivity index (χ1n) is 7.64. The largest absolute Gasteiger partial charge is 0.122 e. The third-order valence-corrected chi connectivity index (χ3v) is 5.94. The van der Waals surface area contributed by atoms with Gasteiger partial charge in [0.25, 0.3) is 0 Å². The summed E-state index contributed by atoms with van der Waals surface area (Å²) in [4.78, 5) is 0. The summed E-state index contributed by atoms with van der Waals surface area (Å²) < 4.78 is 0. The van der Waals surface area contributed by atoms with Crippen molar-refractivity contribution in [1.82, 2.24) is 0 Å². The second kappa shape index (κ2) is 5.04. The van der Waals surface area contributed by atoms with E-state index >= 15 is 0 Å². The topological polar surface area (TPSA) is 0 Å². The second-order valence-electron chi connectivity index (χ2n) is 6.25. The Morgan fingerprint density at radius 1 is 0.762 bits per heavy atom. The molecule has 0 heterocycles. The van der Waals surface area contributed by atoms with Crippen LogP contribution in [0, 0.1) is 0 Å². The molecule has 2 heteroatoms. The molecule has 0 nitrogen and oxygen atoms in total. The van der Waals surface area contributed by atoms with E-state index in [4.69, 9.17) is 23.2 Å². The Morgan fingerprint density at radius 3 is 1.67 bits per heavy atom. The predicted octanol–water partition coefficient (Wildman–Crippen LogP) is 5.34. The lowest BCUT2D eigenvalue weighted by molar-refractivity contribution is 0.502. The average molecular weight is 317 g/mol. The van der Waals surface area contributed by atoms with Crippen molar-refractivity contribution in [3.63, 3.8) is 0 Å². The van der Waals surface area contributed by atoms with Crippen molar-refractivity contribution in [2.45, 2.75) is 42.9 Å². The minimum atomic E-state index is 0.168. The van der Waals surface area contributed by atoms with Gasteiger partial charge in [0.05, 0.1) is 0 Å². The molecule has 0 amide bonds. The monoisotopic (exact) mass is 316 g/mol. The van der Waals surface area contributed by atoms with E-state index in [-0.39, 0.29) is 5.41 Å².